The van der Waals surface area contributed by atoms with Gasteiger partial charge in [-0.05, 0) is 49.3 Å². The van der Waals surface area contributed by atoms with Gasteiger partial charge in [0.1, 0.15) is 0 Å². The summed E-state index contributed by atoms with van der Waals surface area (Å²) in [6, 6.07) is 7.20. The number of hydrogen-bond acceptors (Lipinski definition) is 3. The summed E-state index contributed by atoms with van der Waals surface area (Å²) in [5, 5.41) is 5.85. The van der Waals surface area contributed by atoms with Crippen molar-refractivity contribution in [1.29, 1.82) is 0 Å². The lowest BCUT2D eigenvalue weighted by molar-refractivity contribution is -0.122. The third kappa shape index (κ3) is 5.30. The van der Waals surface area contributed by atoms with Crippen LogP contribution < -0.4 is 10.6 Å². The molecule has 6 heteroatoms. The molecule has 2 N–H and O–H groups in total. The Bertz CT molecular complexity index is 591. The van der Waals surface area contributed by atoms with Crippen molar-refractivity contribution in [2.75, 3.05) is 18.4 Å². The van der Waals surface area contributed by atoms with E-state index in [1.807, 2.05) is 4.90 Å². The van der Waals surface area contributed by atoms with Crippen LogP contribution in [0, 0.1) is 5.92 Å². The number of benzene rings is 1. The monoisotopic (exact) mass is 347 g/mol. The molecule has 5 nitrogen and oxygen atoms in total. The summed E-state index contributed by atoms with van der Waals surface area (Å²) in [5.41, 5.74) is 1.43. The van der Waals surface area contributed by atoms with Crippen LogP contribution in [0.2, 0.25) is 0 Å². The largest absolute Gasteiger partial charge is 0.339 e. The first-order valence-corrected chi connectivity index (χ1v) is 8.89. The Labute approximate surface area is 148 Å². The average molecular weight is 347 g/mol. The second-order valence-corrected chi connectivity index (χ2v) is 6.79. The maximum atomic E-state index is 12.5. The first-order chi connectivity index (χ1) is 11.5. The lowest BCUT2D eigenvalue weighted by atomic mass is 10.1. The zero-order valence-electron chi connectivity index (χ0n) is 14.3. The van der Waals surface area contributed by atoms with Crippen molar-refractivity contribution >= 4 is 34.8 Å². The molecule has 0 unspecified atom stereocenters. The smallest absolute Gasteiger partial charge is 0.253 e. The molecule has 2 amide bonds. The molecular weight excluding hydrogens is 322 g/mol. The fourth-order valence-corrected chi connectivity index (χ4v) is 2.79. The van der Waals surface area contributed by atoms with Crippen molar-refractivity contribution in [1.82, 2.24) is 10.2 Å². The average Bonchev–Trinajstić information content (AvgIpc) is 2.84. The molecule has 1 saturated heterocycles. The van der Waals surface area contributed by atoms with E-state index in [9.17, 15) is 9.59 Å². The molecule has 0 aliphatic carbocycles. The molecule has 130 valence electrons. The van der Waals surface area contributed by atoms with Crippen molar-refractivity contribution in [3.63, 3.8) is 0 Å². The number of anilines is 1. The molecule has 1 aliphatic heterocycles. The highest BCUT2D eigenvalue weighted by molar-refractivity contribution is 7.80. The standard InChI is InChI=1S/C18H25N3O2S/c1-13(2)16(22)20-18(24)19-15-9-7-14(8-10-15)17(23)21-11-5-3-4-6-12-21/h7-10,13H,3-6,11-12H2,1-2H3,(H2,19,20,22,24). The second kappa shape index (κ2) is 8.78. The number of nitrogens with one attached hydrogen (secondary N) is 2. The fraction of sp³-hybridized carbons (Fsp3) is 0.500. The quantitative estimate of drug-likeness (QED) is 0.825. The Balaban J connectivity index is 1.93. The number of thiocarbonyl (C=S) groups is 1. The number of nitrogens with zero attached hydrogens (tertiary/aromatic N) is 1. The minimum absolute atomic E-state index is 0.0825. The zero-order chi connectivity index (χ0) is 17.5. The Hall–Kier alpha value is -1.95. The van der Waals surface area contributed by atoms with Crippen LogP contribution in [0.1, 0.15) is 49.9 Å². The lowest BCUT2D eigenvalue weighted by Crippen LogP contribution is -2.36. The van der Waals surface area contributed by atoms with Crippen LogP contribution in [0.5, 0.6) is 0 Å². The van der Waals surface area contributed by atoms with Gasteiger partial charge in [-0.25, -0.2) is 0 Å². The third-order valence-corrected chi connectivity index (χ3v) is 4.25. The maximum Gasteiger partial charge on any atom is 0.253 e. The van der Waals surface area contributed by atoms with Crippen molar-refractivity contribution in [2.24, 2.45) is 5.92 Å². The van der Waals surface area contributed by atoms with Gasteiger partial charge in [0.25, 0.3) is 5.91 Å². The van der Waals surface area contributed by atoms with Crippen LogP contribution in [-0.4, -0.2) is 34.9 Å². The molecule has 1 fully saturated rings. The fourth-order valence-electron chi connectivity index (χ4n) is 2.57. The molecule has 0 spiro atoms. The molecule has 0 aromatic heterocycles. The zero-order valence-corrected chi connectivity index (χ0v) is 15.1. The van der Waals surface area contributed by atoms with E-state index in [0.717, 1.165) is 31.6 Å². The van der Waals surface area contributed by atoms with E-state index in [2.05, 4.69) is 10.6 Å². The molecular formula is C18H25N3O2S. The van der Waals surface area contributed by atoms with E-state index in [1.54, 1.807) is 38.1 Å². The lowest BCUT2D eigenvalue weighted by Gasteiger charge is -2.20. The first-order valence-electron chi connectivity index (χ1n) is 8.48. The Kier molecular flexibility index (Phi) is 6.73. The molecule has 0 bridgehead atoms. The van der Waals surface area contributed by atoms with Gasteiger partial charge in [-0.1, -0.05) is 26.7 Å². The van der Waals surface area contributed by atoms with Crippen LogP contribution in [0.25, 0.3) is 0 Å². The van der Waals surface area contributed by atoms with Crippen LogP contribution in [0.15, 0.2) is 24.3 Å². The van der Waals surface area contributed by atoms with Gasteiger partial charge in [0.05, 0.1) is 0 Å². The van der Waals surface area contributed by atoms with E-state index in [0.29, 0.717) is 5.56 Å². The van der Waals surface area contributed by atoms with E-state index < -0.39 is 0 Å². The van der Waals surface area contributed by atoms with E-state index >= 15 is 0 Å². The summed E-state index contributed by atoms with van der Waals surface area (Å²) in [4.78, 5) is 26.1. The summed E-state index contributed by atoms with van der Waals surface area (Å²) < 4.78 is 0. The van der Waals surface area contributed by atoms with Crippen LogP contribution in [-0.2, 0) is 4.79 Å². The van der Waals surface area contributed by atoms with Gasteiger partial charge in [0.2, 0.25) is 5.91 Å². The minimum Gasteiger partial charge on any atom is -0.339 e. The van der Waals surface area contributed by atoms with Gasteiger partial charge in [-0.15, -0.1) is 0 Å². The molecule has 0 saturated carbocycles. The predicted octanol–water partition coefficient (Wildman–Crippen LogP) is 3.17. The van der Waals surface area contributed by atoms with Crippen molar-refractivity contribution < 1.29 is 9.59 Å². The first kappa shape index (κ1) is 18.4. The van der Waals surface area contributed by atoms with Gasteiger partial charge in [-0.2, -0.15) is 0 Å². The van der Waals surface area contributed by atoms with Crippen LogP contribution in [0.3, 0.4) is 0 Å². The summed E-state index contributed by atoms with van der Waals surface area (Å²) in [5.74, 6) is -0.169. The van der Waals surface area contributed by atoms with Gasteiger partial charge >= 0.3 is 0 Å². The molecule has 1 aromatic rings. The van der Waals surface area contributed by atoms with Gasteiger partial charge in [0.15, 0.2) is 5.11 Å². The number of rotatable bonds is 3. The van der Waals surface area contributed by atoms with E-state index in [1.165, 1.54) is 12.8 Å². The molecule has 0 radical (unpaired) electrons. The molecule has 1 aliphatic rings. The van der Waals surface area contributed by atoms with Gasteiger partial charge < -0.3 is 15.5 Å². The Morgan fingerprint density at radius 1 is 1.04 bits per heavy atom. The third-order valence-electron chi connectivity index (χ3n) is 4.04. The maximum absolute atomic E-state index is 12.5. The molecule has 1 aromatic carbocycles. The van der Waals surface area contributed by atoms with Crippen molar-refractivity contribution in [3.05, 3.63) is 29.8 Å². The molecule has 24 heavy (non-hydrogen) atoms. The normalized spacial score (nSPS) is 14.9. The van der Waals surface area contributed by atoms with Crippen molar-refractivity contribution in [2.45, 2.75) is 39.5 Å². The van der Waals surface area contributed by atoms with E-state index in [4.69, 9.17) is 12.2 Å². The predicted molar refractivity (Wildman–Crippen MR) is 100 cm³/mol. The highest BCUT2D eigenvalue weighted by Gasteiger charge is 2.17. The van der Waals surface area contributed by atoms with Crippen molar-refractivity contribution in [3.8, 4) is 0 Å². The number of amides is 2. The highest BCUT2D eigenvalue weighted by atomic mass is 32.1. The Morgan fingerprint density at radius 2 is 1.62 bits per heavy atom. The number of hydrogen-bond donors (Lipinski definition) is 2. The molecule has 1 heterocycles. The summed E-state index contributed by atoms with van der Waals surface area (Å²) in [6.07, 6.45) is 4.56. The van der Waals surface area contributed by atoms with Crippen LogP contribution >= 0.6 is 12.2 Å². The van der Waals surface area contributed by atoms with Crippen LogP contribution in [0.4, 0.5) is 5.69 Å². The summed E-state index contributed by atoms with van der Waals surface area (Å²) in [7, 11) is 0. The SMILES string of the molecule is CC(C)C(=O)NC(=S)Nc1ccc(C(=O)N2CCCCCC2)cc1. The Morgan fingerprint density at radius 3 is 2.17 bits per heavy atom. The molecule has 2 rings (SSSR count). The van der Waals surface area contributed by atoms with Gasteiger partial charge in [-0.3, -0.25) is 9.59 Å². The number of carbonyl (C=O) groups is 2. The minimum atomic E-state index is -0.127. The van der Waals surface area contributed by atoms with E-state index in [-0.39, 0.29) is 22.8 Å². The molecule has 0 atom stereocenters. The van der Waals surface area contributed by atoms with Gasteiger partial charge in [0, 0.05) is 30.3 Å². The second-order valence-electron chi connectivity index (χ2n) is 6.38. The summed E-state index contributed by atoms with van der Waals surface area (Å²) in [6.45, 7) is 5.29. The number of likely N-dealkylation sites (tertiary alicyclic amines) is 1. The summed E-state index contributed by atoms with van der Waals surface area (Å²) >= 11 is 5.12. The topological polar surface area (TPSA) is 61.4 Å². The number of carbonyl (C=O) groups excluding carboxylic acids is 2. The highest BCUT2D eigenvalue weighted by Crippen LogP contribution is 2.15.